The van der Waals surface area contributed by atoms with E-state index in [4.69, 9.17) is 21.4 Å². The van der Waals surface area contributed by atoms with Crippen LogP contribution in [-0.4, -0.2) is 69.2 Å². The van der Waals surface area contributed by atoms with Crippen LogP contribution in [0.5, 0.6) is 5.75 Å². The van der Waals surface area contributed by atoms with E-state index in [9.17, 15) is 8.42 Å². The lowest BCUT2D eigenvalue weighted by molar-refractivity contribution is 0.171. The molecule has 1 N–H and O–H groups in total. The Hall–Kier alpha value is -0.860. The second-order valence-electron chi connectivity index (χ2n) is 5.58. The molecule has 1 aromatic rings. The van der Waals surface area contributed by atoms with Gasteiger partial charge < -0.3 is 14.7 Å². The molecule has 8 heteroatoms. The van der Waals surface area contributed by atoms with Crippen LogP contribution in [0, 0.1) is 6.92 Å². The molecule has 1 heterocycles. The Balaban J connectivity index is 2.15. The van der Waals surface area contributed by atoms with Gasteiger partial charge in [0.2, 0.25) is 10.0 Å². The Bertz CT molecular complexity index is 643. The molecule has 0 saturated carbocycles. The van der Waals surface area contributed by atoms with Crippen molar-refractivity contribution in [2.24, 2.45) is 0 Å². The number of hydrogen-bond donors (Lipinski definition) is 1. The highest BCUT2D eigenvalue weighted by atomic mass is 35.5. The largest absolute Gasteiger partial charge is 0.495 e. The number of methoxy groups -OCH3 is 1. The van der Waals surface area contributed by atoms with Crippen molar-refractivity contribution in [1.29, 1.82) is 0 Å². The number of rotatable bonds is 6. The molecule has 1 saturated heterocycles. The summed E-state index contributed by atoms with van der Waals surface area (Å²) in [6.45, 7) is 4.90. The maximum absolute atomic E-state index is 12.8. The van der Waals surface area contributed by atoms with Crippen LogP contribution in [0.2, 0.25) is 5.02 Å². The minimum absolute atomic E-state index is 0.155. The average molecular weight is 363 g/mol. The molecule has 0 unspecified atom stereocenters. The maximum atomic E-state index is 12.8. The van der Waals surface area contributed by atoms with Crippen LogP contribution in [0.3, 0.4) is 0 Å². The topological polar surface area (TPSA) is 70.1 Å². The maximum Gasteiger partial charge on any atom is 0.243 e. The number of ether oxygens (including phenoxy) is 1. The zero-order valence-corrected chi connectivity index (χ0v) is 15.0. The molecule has 2 rings (SSSR count). The Morgan fingerprint density at radius 3 is 2.48 bits per heavy atom. The summed E-state index contributed by atoms with van der Waals surface area (Å²) in [6, 6.07) is 3.11. The van der Waals surface area contributed by atoms with E-state index in [0.717, 1.165) is 6.54 Å². The van der Waals surface area contributed by atoms with Crippen molar-refractivity contribution in [3.8, 4) is 5.75 Å². The van der Waals surface area contributed by atoms with E-state index in [2.05, 4.69) is 4.90 Å². The van der Waals surface area contributed by atoms with E-state index in [1.807, 2.05) is 0 Å². The van der Waals surface area contributed by atoms with Gasteiger partial charge in [0.15, 0.2) is 0 Å². The van der Waals surface area contributed by atoms with Crippen LogP contribution in [0.25, 0.3) is 0 Å². The van der Waals surface area contributed by atoms with Gasteiger partial charge in [-0.25, -0.2) is 8.42 Å². The first-order chi connectivity index (χ1) is 10.9. The van der Waals surface area contributed by atoms with E-state index in [0.29, 0.717) is 48.9 Å². The zero-order valence-electron chi connectivity index (χ0n) is 13.5. The van der Waals surface area contributed by atoms with Crippen LogP contribution < -0.4 is 4.74 Å². The first-order valence-electron chi connectivity index (χ1n) is 7.57. The highest BCUT2D eigenvalue weighted by molar-refractivity contribution is 7.89. The standard InChI is InChI=1S/C15H23ClN2O4S/c1-12-10-14(22-2)13(16)11-15(12)23(20,21)18-7-5-17(6-8-18)4-3-9-19/h10-11,19H,3-9H2,1-2H3. The highest BCUT2D eigenvalue weighted by Crippen LogP contribution is 2.31. The molecule has 0 bridgehead atoms. The van der Waals surface area contributed by atoms with Gasteiger partial charge in [-0.15, -0.1) is 0 Å². The third-order valence-corrected chi connectivity index (χ3v) is 6.37. The highest BCUT2D eigenvalue weighted by Gasteiger charge is 2.30. The summed E-state index contributed by atoms with van der Waals surface area (Å²) in [7, 11) is -2.07. The van der Waals surface area contributed by atoms with Crippen LogP contribution in [0.15, 0.2) is 17.0 Å². The van der Waals surface area contributed by atoms with Gasteiger partial charge in [0.1, 0.15) is 5.75 Å². The van der Waals surface area contributed by atoms with Gasteiger partial charge in [0, 0.05) is 39.3 Å². The second-order valence-corrected chi connectivity index (χ2v) is 7.89. The van der Waals surface area contributed by atoms with Gasteiger partial charge in [0.25, 0.3) is 0 Å². The van der Waals surface area contributed by atoms with Gasteiger partial charge in [0.05, 0.1) is 17.0 Å². The van der Waals surface area contributed by atoms with Crippen LogP contribution in [-0.2, 0) is 10.0 Å². The quantitative estimate of drug-likeness (QED) is 0.827. The summed E-state index contributed by atoms with van der Waals surface area (Å²) >= 11 is 6.09. The van der Waals surface area contributed by atoms with Crippen molar-refractivity contribution in [2.75, 3.05) is 46.4 Å². The van der Waals surface area contributed by atoms with Gasteiger partial charge in [-0.05, 0) is 31.0 Å². The number of benzene rings is 1. The fourth-order valence-electron chi connectivity index (χ4n) is 2.70. The average Bonchev–Trinajstić information content (AvgIpc) is 2.54. The van der Waals surface area contributed by atoms with Crippen molar-refractivity contribution in [3.05, 3.63) is 22.7 Å². The van der Waals surface area contributed by atoms with Crippen molar-refractivity contribution >= 4 is 21.6 Å². The Labute approximate surface area is 142 Å². The number of piperazine rings is 1. The van der Waals surface area contributed by atoms with Crippen LogP contribution in [0.4, 0.5) is 0 Å². The monoisotopic (exact) mass is 362 g/mol. The van der Waals surface area contributed by atoms with Gasteiger partial charge >= 0.3 is 0 Å². The Morgan fingerprint density at radius 1 is 1.26 bits per heavy atom. The first-order valence-corrected chi connectivity index (χ1v) is 9.39. The predicted octanol–water partition coefficient (Wildman–Crippen LogP) is 1.35. The number of nitrogens with zero attached hydrogens (tertiary/aromatic N) is 2. The first kappa shape index (κ1) is 18.5. The van der Waals surface area contributed by atoms with E-state index in [1.54, 1.807) is 13.0 Å². The molecule has 0 amide bonds. The number of halogens is 1. The lowest BCUT2D eigenvalue weighted by Crippen LogP contribution is -2.48. The van der Waals surface area contributed by atoms with E-state index in [1.165, 1.54) is 17.5 Å². The third kappa shape index (κ3) is 4.16. The van der Waals surface area contributed by atoms with Gasteiger partial charge in [-0.2, -0.15) is 4.31 Å². The molecular formula is C15H23ClN2O4S. The Kier molecular flexibility index (Phi) is 6.27. The molecule has 0 aromatic heterocycles. The van der Waals surface area contributed by atoms with Crippen LogP contribution >= 0.6 is 11.6 Å². The lowest BCUT2D eigenvalue weighted by Gasteiger charge is -2.34. The molecule has 1 aliphatic heterocycles. The lowest BCUT2D eigenvalue weighted by atomic mass is 10.2. The second kappa shape index (κ2) is 7.81. The molecule has 0 aliphatic carbocycles. The van der Waals surface area contributed by atoms with E-state index >= 15 is 0 Å². The summed E-state index contributed by atoms with van der Waals surface area (Å²) in [6.07, 6.45) is 0.708. The summed E-state index contributed by atoms with van der Waals surface area (Å²) in [4.78, 5) is 2.39. The molecule has 23 heavy (non-hydrogen) atoms. The summed E-state index contributed by atoms with van der Waals surface area (Å²) in [5.74, 6) is 0.469. The number of hydrogen-bond acceptors (Lipinski definition) is 5. The Morgan fingerprint density at radius 2 is 1.91 bits per heavy atom. The number of aryl methyl sites for hydroxylation is 1. The number of aliphatic hydroxyl groups is 1. The van der Waals surface area contributed by atoms with E-state index in [-0.39, 0.29) is 11.5 Å². The summed E-state index contributed by atoms with van der Waals surface area (Å²) < 4.78 is 32.3. The van der Waals surface area contributed by atoms with Crippen molar-refractivity contribution in [2.45, 2.75) is 18.2 Å². The molecular weight excluding hydrogens is 340 g/mol. The summed E-state index contributed by atoms with van der Waals surface area (Å²) in [5, 5.41) is 9.16. The van der Waals surface area contributed by atoms with E-state index < -0.39 is 10.0 Å². The van der Waals surface area contributed by atoms with Crippen molar-refractivity contribution in [1.82, 2.24) is 9.21 Å². The van der Waals surface area contributed by atoms with Crippen molar-refractivity contribution < 1.29 is 18.3 Å². The van der Waals surface area contributed by atoms with Crippen molar-refractivity contribution in [3.63, 3.8) is 0 Å². The smallest absolute Gasteiger partial charge is 0.243 e. The molecule has 0 atom stereocenters. The molecule has 1 aliphatic rings. The number of aliphatic hydroxyl groups excluding tert-OH is 1. The minimum atomic E-state index is -3.57. The van der Waals surface area contributed by atoms with Gasteiger partial charge in [-0.1, -0.05) is 11.6 Å². The molecule has 6 nitrogen and oxygen atoms in total. The SMILES string of the molecule is COc1cc(C)c(S(=O)(=O)N2CCN(CCCO)CC2)cc1Cl. The summed E-state index contributed by atoms with van der Waals surface area (Å²) in [5.41, 5.74) is 0.619. The minimum Gasteiger partial charge on any atom is -0.495 e. The molecule has 1 aromatic carbocycles. The predicted molar refractivity (Wildman–Crippen MR) is 89.6 cm³/mol. The molecule has 130 valence electrons. The zero-order chi connectivity index (χ0) is 17.0. The molecule has 0 radical (unpaired) electrons. The number of sulfonamides is 1. The molecule has 1 fully saturated rings. The fourth-order valence-corrected chi connectivity index (χ4v) is 4.66. The fraction of sp³-hybridized carbons (Fsp3) is 0.600. The molecule has 0 spiro atoms. The van der Waals surface area contributed by atoms with Crippen LogP contribution in [0.1, 0.15) is 12.0 Å². The van der Waals surface area contributed by atoms with Gasteiger partial charge in [-0.3, -0.25) is 0 Å². The third-order valence-electron chi connectivity index (χ3n) is 4.03. The normalized spacial score (nSPS) is 17.4.